The highest BCUT2D eigenvalue weighted by Gasteiger charge is 2.16. The Hall–Kier alpha value is -2.64. The first kappa shape index (κ1) is 10.9. The number of anilines is 2. The largest absolute Gasteiger partial charge is 0.472 e. The van der Waals surface area contributed by atoms with Crippen molar-refractivity contribution >= 4 is 17.5 Å². The predicted octanol–water partition coefficient (Wildman–Crippen LogP) is 1.17. The van der Waals surface area contributed by atoms with Crippen molar-refractivity contribution in [3.8, 4) is 0 Å². The van der Waals surface area contributed by atoms with Crippen LogP contribution in [0.1, 0.15) is 5.56 Å². The molecule has 0 unspecified atom stereocenters. The number of nitrogens with one attached hydrogen (secondary N) is 1. The second kappa shape index (κ2) is 4.47. The second-order valence-corrected chi connectivity index (χ2v) is 3.20. The van der Waals surface area contributed by atoms with Gasteiger partial charge in [0.1, 0.15) is 6.20 Å². The van der Waals surface area contributed by atoms with Gasteiger partial charge in [-0.25, -0.2) is 4.98 Å². The van der Waals surface area contributed by atoms with Crippen LogP contribution in [0.25, 0.3) is 0 Å². The highest BCUT2D eigenvalue weighted by atomic mass is 16.6. The summed E-state index contributed by atoms with van der Waals surface area (Å²) in [6, 6.07) is 1.74. The van der Waals surface area contributed by atoms with Crippen molar-refractivity contribution in [2.24, 2.45) is 0 Å². The topological polar surface area (TPSA) is 120 Å². The van der Waals surface area contributed by atoms with Gasteiger partial charge in [-0.15, -0.1) is 0 Å². The fourth-order valence-corrected chi connectivity index (χ4v) is 1.23. The molecular weight excluding hydrogens is 226 g/mol. The third-order valence-corrected chi connectivity index (χ3v) is 2.02. The fourth-order valence-electron chi connectivity index (χ4n) is 1.23. The second-order valence-electron chi connectivity index (χ2n) is 3.20. The van der Waals surface area contributed by atoms with Crippen LogP contribution in [-0.2, 0) is 6.54 Å². The van der Waals surface area contributed by atoms with Gasteiger partial charge in [0, 0.05) is 12.1 Å². The molecule has 0 aliphatic rings. The average molecular weight is 235 g/mol. The number of aromatic nitrogens is 2. The van der Waals surface area contributed by atoms with Gasteiger partial charge in [-0.2, -0.15) is 4.98 Å². The van der Waals surface area contributed by atoms with Gasteiger partial charge in [-0.05, 0) is 6.07 Å². The van der Waals surface area contributed by atoms with Crippen LogP contribution >= 0.6 is 0 Å². The molecular formula is C9H9N5O3. The number of nitrogens with zero attached hydrogens (tertiary/aromatic N) is 3. The van der Waals surface area contributed by atoms with E-state index in [1.165, 1.54) is 12.5 Å². The summed E-state index contributed by atoms with van der Waals surface area (Å²) in [7, 11) is 0. The van der Waals surface area contributed by atoms with E-state index in [2.05, 4.69) is 15.3 Å². The first-order valence-corrected chi connectivity index (χ1v) is 4.68. The molecule has 2 aromatic heterocycles. The molecule has 3 N–H and O–H groups in total. The van der Waals surface area contributed by atoms with Crippen molar-refractivity contribution < 1.29 is 9.34 Å². The smallest absolute Gasteiger partial charge is 0.329 e. The number of furan rings is 1. The summed E-state index contributed by atoms with van der Waals surface area (Å²) in [5.74, 6) is 0.0639. The van der Waals surface area contributed by atoms with Crippen LogP contribution < -0.4 is 11.1 Å². The number of hydrogen-bond donors (Lipinski definition) is 2. The van der Waals surface area contributed by atoms with Crippen molar-refractivity contribution in [1.82, 2.24) is 9.97 Å². The molecule has 0 aliphatic carbocycles. The maximum atomic E-state index is 10.7. The Kier molecular flexibility index (Phi) is 2.86. The zero-order valence-corrected chi connectivity index (χ0v) is 8.66. The Bertz CT molecular complexity index is 525. The summed E-state index contributed by atoms with van der Waals surface area (Å²) in [4.78, 5) is 17.5. The minimum absolute atomic E-state index is 0.0229. The normalized spacial score (nSPS) is 10.1. The molecule has 0 spiro atoms. The van der Waals surface area contributed by atoms with E-state index in [0.717, 1.165) is 11.8 Å². The quantitative estimate of drug-likeness (QED) is 0.602. The Balaban J connectivity index is 2.19. The van der Waals surface area contributed by atoms with E-state index in [1.54, 1.807) is 6.07 Å². The molecule has 2 rings (SSSR count). The zero-order chi connectivity index (χ0) is 12.3. The highest BCUT2D eigenvalue weighted by Crippen LogP contribution is 2.21. The maximum Gasteiger partial charge on any atom is 0.329 e. The highest BCUT2D eigenvalue weighted by molar-refractivity contribution is 5.56. The molecule has 0 aliphatic heterocycles. The molecule has 0 atom stereocenters. The number of rotatable bonds is 4. The molecule has 8 heteroatoms. The number of nitro groups is 1. The van der Waals surface area contributed by atoms with Crippen molar-refractivity contribution in [3.05, 3.63) is 40.5 Å². The summed E-state index contributed by atoms with van der Waals surface area (Å²) < 4.78 is 4.87. The van der Waals surface area contributed by atoms with Gasteiger partial charge in [-0.3, -0.25) is 10.1 Å². The third-order valence-electron chi connectivity index (χ3n) is 2.02. The number of hydrogen-bond acceptors (Lipinski definition) is 7. The number of nitrogen functional groups attached to an aromatic ring is 1. The summed E-state index contributed by atoms with van der Waals surface area (Å²) in [6.07, 6.45) is 4.11. The summed E-state index contributed by atoms with van der Waals surface area (Å²) >= 11 is 0. The van der Waals surface area contributed by atoms with Crippen LogP contribution in [0.2, 0.25) is 0 Å². The van der Waals surface area contributed by atoms with Crippen LogP contribution in [0.4, 0.5) is 17.5 Å². The lowest BCUT2D eigenvalue weighted by Crippen LogP contribution is -2.07. The average Bonchev–Trinajstić information content (AvgIpc) is 2.78. The van der Waals surface area contributed by atoms with E-state index in [4.69, 9.17) is 10.2 Å². The minimum atomic E-state index is -0.572. The van der Waals surface area contributed by atoms with E-state index >= 15 is 0 Å². The molecule has 0 amide bonds. The summed E-state index contributed by atoms with van der Waals surface area (Å²) in [5.41, 5.74) is 6.00. The Morgan fingerprint density at radius 3 is 3.06 bits per heavy atom. The Morgan fingerprint density at radius 1 is 1.59 bits per heavy atom. The van der Waals surface area contributed by atoms with Gasteiger partial charge in [0.2, 0.25) is 11.8 Å². The van der Waals surface area contributed by atoms with Gasteiger partial charge in [0.25, 0.3) is 0 Å². The van der Waals surface area contributed by atoms with Crippen LogP contribution in [0.15, 0.2) is 29.2 Å². The first-order valence-electron chi connectivity index (χ1n) is 4.68. The number of nitrogens with two attached hydrogens (primary N) is 1. The molecule has 2 heterocycles. The van der Waals surface area contributed by atoms with Crippen LogP contribution in [0.5, 0.6) is 0 Å². The van der Waals surface area contributed by atoms with Gasteiger partial charge < -0.3 is 15.5 Å². The van der Waals surface area contributed by atoms with Crippen LogP contribution in [0, 0.1) is 10.1 Å². The molecule has 88 valence electrons. The van der Waals surface area contributed by atoms with Crippen molar-refractivity contribution in [3.63, 3.8) is 0 Å². The maximum absolute atomic E-state index is 10.7. The van der Waals surface area contributed by atoms with Gasteiger partial charge in [-0.1, -0.05) is 0 Å². The van der Waals surface area contributed by atoms with Gasteiger partial charge >= 0.3 is 5.69 Å². The van der Waals surface area contributed by atoms with E-state index in [1.807, 2.05) is 0 Å². The van der Waals surface area contributed by atoms with Crippen molar-refractivity contribution in [2.45, 2.75) is 6.54 Å². The lowest BCUT2D eigenvalue weighted by molar-refractivity contribution is -0.384. The molecule has 0 radical (unpaired) electrons. The van der Waals surface area contributed by atoms with Gasteiger partial charge in [0.15, 0.2) is 0 Å². The molecule has 0 bridgehead atoms. The monoisotopic (exact) mass is 235 g/mol. The first-order chi connectivity index (χ1) is 8.16. The van der Waals surface area contributed by atoms with Crippen LogP contribution in [0.3, 0.4) is 0 Å². The standard InChI is InChI=1S/C9H9N5O3/c10-9-12-4-7(14(15)16)8(13-9)11-3-6-1-2-17-5-6/h1-2,4-5H,3H2,(H3,10,11,12,13). The van der Waals surface area contributed by atoms with Crippen molar-refractivity contribution in [2.75, 3.05) is 11.1 Å². The van der Waals surface area contributed by atoms with E-state index in [-0.39, 0.29) is 17.5 Å². The fraction of sp³-hybridized carbons (Fsp3) is 0.111. The van der Waals surface area contributed by atoms with Gasteiger partial charge in [0.05, 0.1) is 17.4 Å². The molecule has 17 heavy (non-hydrogen) atoms. The van der Waals surface area contributed by atoms with E-state index in [0.29, 0.717) is 6.54 Å². The lowest BCUT2D eigenvalue weighted by atomic mass is 10.3. The molecule has 8 nitrogen and oxygen atoms in total. The molecule has 2 aromatic rings. The SMILES string of the molecule is Nc1ncc([N+](=O)[O-])c(NCc2ccoc2)n1. The lowest BCUT2D eigenvalue weighted by Gasteiger charge is -2.04. The molecule has 0 aromatic carbocycles. The predicted molar refractivity (Wildman–Crippen MR) is 59.1 cm³/mol. The molecule has 0 fully saturated rings. The Labute approximate surface area is 95.6 Å². The molecule has 0 saturated heterocycles. The third kappa shape index (κ3) is 2.48. The van der Waals surface area contributed by atoms with E-state index in [9.17, 15) is 10.1 Å². The van der Waals surface area contributed by atoms with Crippen molar-refractivity contribution in [1.29, 1.82) is 0 Å². The summed E-state index contributed by atoms with van der Waals surface area (Å²) in [6.45, 7) is 0.355. The minimum Gasteiger partial charge on any atom is -0.472 e. The molecule has 0 saturated carbocycles. The van der Waals surface area contributed by atoms with E-state index < -0.39 is 4.92 Å². The van der Waals surface area contributed by atoms with Crippen LogP contribution in [-0.4, -0.2) is 14.9 Å². The zero-order valence-electron chi connectivity index (χ0n) is 8.66. The summed E-state index contributed by atoms with van der Waals surface area (Å²) in [5, 5.41) is 13.5. The Morgan fingerprint density at radius 2 is 2.41 bits per heavy atom.